The standard InChI is InChI=1S/C17H12FN3O4/c18-12-8-6-11(7-9-12)10-20-15(22)14(16(23)24)19-21(17(20)25)13-4-2-1-3-5-13/h1-9H,10H2,(H,23,24). The number of aromatic nitrogens is 3. The Hall–Kier alpha value is -3.55. The normalized spacial score (nSPS) is 10.6. The summed E-state index contributed by atoms with van der Waals surface area (Å²) < 4.78 is 14.6. The zero-order chi connectivity index (χ0) is 18.0. The van der Waals surface area contributed by atoms with Crippen LogP contribution in [-0.4, -0.2) is 25.4 Å². The van der Waals surface area contributed by atoms with E-state index in [1.54, 1.807) is 30.3 Å². The van der Waals surface area contributed by atoms with Crippen molar-refractivity contribution in [2.24, 2.45) is 0 Å². The summed E-state index contributed by atoms with van der Waals surface area (Å²) in [6, 6.07) is 13.4. The van der Waals surface area contributed by atoms with Crippen LogP contribution in [0.25, 0.3) is 5.69 Å². The van der Waals surface area contributed by atoms with E-state index in [2.05, 4.69) is 5.10 Å². The second-order valence-corrected chi connectivity index (χ2v) is 5.20. The van der Waals surface area contributed by atoms with Gasteiger partial charge in [-0.3, -0.25) is 9.36 Å². The zero-order valence-corrected chi connectivity index (χ0v) is 12.8. The Morgan fingerprint density at radius 1 is 1.04 bits per heavy atom. The molecule has 1 N–H and O–H groups in total. The number of aromatic carboxylic acids is 1. The van der Waals surface area contributed by atoms with Crippen LogP contribution >= 0.6 is 0 Å². The Morgan fingerprint density at radius 3 is 2.28 bits per heavy atom. The van der Waals surface area contributed by atoms with Crippen LogP contribution in [0, 0.1) is 5.82 Å². The van der Waals surface area contributed by atoms with Crippen molar-refractivity contribution in [1.29, 1.82) is 0 Å². The molecule has 0 amide bonds. The average Bonchev–Trinajstić information content (AvgIpc) is 2.61. The van der Waals surface area contributed by atoms with Gasteiger partial charge in [0.2, 0.25) is 5.69 Å². The average molecular weight is 341 g/mol. The molecule has 0 fully saturated rings. The Labute approximate surface area is 140 Å². The van der Waals surface area contributed by atoms with Crippen molar-refractivity contribution in [3.05, 3.63) is 92.5 Å². The van der Waals surface area contributed by atoms with E-state index >= 15 is 0 Å². The summed E-state index contributed by atoms with van der Waals surface area (Å²) in [6.45, 7) is -0.201. The Balaban J connectivity index is 2.21. The fourth-order valence-electron chi connectivity index (χ4n) is 2.30. The third kappa shape index (κ3) is 3.23. The van der Waals surface area contributed by atoms with Gasteiger partial charge < -0.3 is 5.11 Å². The number of hydrogen-bond donors (Lipinski definition) is 1. The lowest BCUT2D eigenvalue weighted by molar-refractivity contribution is 0.0684. The molecule has 25 heavy (non-hydrogen) atoms. The van der Waals surface area contributed by atoms with Crippen LogP contribution in [0.5, 0.6) is 0 Å². The minimum Gasteiger partial charge on any atom is -0.476 e. The number of carboxylic acid groups (broad SMARTS) is 1. The largest absolute Gasteiger partial charge is 0.476 e. The van der Waals surface area contributed by atoms with E-state index in [-0.39, 0.29) is 6.54 Å². The molecule has 0 spiro atoms. The van der Waals surface area contributed by atoms with Crippen molar-refractivity contribution < 1.29 is 14.3 Å². The summed E-state index contributed by atoms with van der Waals surface area (Å²) in [5.41, 5.74) is -1.78. The molecule has 0 saturated heterocycles. The maximum Gasteiger partial charge on any atom is 0.362 e. The zero-order valence-electron chi connectivity index (χ0n) is 12.8. The first-order valence-electron chi connectivity index (χ1n) is 7.24. The number of rotatable bonds is 4. The molecule has 0 atom stereocenters. The molecular formula is C17H12FN3O4. The minimum atomic E-state index is -1.54. The first kappa shape index (κ1) is 16.3. The molecule has 0 aliphatic rings. The topological polar surface area (TPSA) is 94.2 Å². The highest BCUT2D eigenvalue weighted by atomic mass is 19.1. The van der Waals surface area contributed by atoms with Crippen molar-refractivity contribution in [2.75, 3.05) is 0 Å². The number of hydrogen-bond acceptors (Lipinski definition) is 4. The van der Waals surface area contributed by atoms with E-state index in [0.29, 0.717) is 11.3 Å². The SMILES string of the molecule is O=C(O)c1nn(-c2ccccc2)c(=O)n(Cc2ccc(F)cc2)c1=O. The van der Waals surface area contributed by atoms with E-state index in [1.165, 1.54) is 24.3 Å². The lowest BCUT2D eigenvalue weighted by Gasteiger charge is -2.10. The fraction of sp³-hybridized carbons (Fsp3) is 0.0588. The third-order valence-electron chi connectivity index (χ3n) is 3.52. The highest BCUT2D eigenvalue weighted by Gasteiger charge is 2.19. The van der Waals surface area contributed by atoms with Gasteiger partial charge in [-0.25, -0.2) is 14.0 Å². The van der Waals surface area contributed by atoms with Gasteiger partial charge >= 0.3 is 11.7 Å². The molecule has 0 unspecified atom stereocenters. The maximum atomic E-state index is 13.0. The second kappa shape index (κ2) is 6.52. The van der Waals surface area contributed by atoms with Crippen LogP contribution in [0.4, 0.5) is 4.39 Å². The van der Waals surface area contributed by atoms with Crippen molar-refractivity contribution in [3.63, 3.8) is 0 Å². The molecule has 0 saturated carbocycles. The van der Waals surface area contributed by atoms with Gasteiger partial charge in [-0.2, -0.15) is 9.78 Å². The summed E-state index contributed by atoms with van der Waals surface area (Å²) >= 11 is 0. The van der Waals surface area contributed by atoms with Crippen LogP contribution in [0.2, 0.25) is 0 Å². The molecule has 0 bridgehead atoms. The summed E-state index contributed by atoms with van der Waals surface area (Å²) in [7, 11) is 0. The van der Waals surface area contributed by atoms with Crippen molar-refractivity contribution in [3.8, 4) is 5.69 Å². The minimum absolute atomic E-state index is 0.201. The molecule has 7 nitrogen and oxygen atoms in total. The molecule has 3 aromatic rings. The van der Waals surface area contributed by atoms with E-state index < -0.39 is 28.7 Å². The number of carbonyl (C=O) groups is 1. The van der Waals surface area contributed by atoms with Crippen LogP contribution in [-0.2, 0) is 6.54 Å². The summed E-state index contributed by atoms with van der Waals surface area (Å²) in [4.78, 5) is 36.3. The Morgan fingerprint density at radius 2 is 1.68 bits per heavy atom. The number of nitrogens with zero attached hydrogens (tertiary/aromatic N) is 3. The van der Waals surface area contributed by atoms with E-state index in [9.17, 15) is 23.9 Å². The highest BCUT2D eigenvalue weighted by Crippen LogP contribution is 2.05. The first-order chi connectivity index (χ1) is 12.0. The summed E-state index contributed by atoms with van der Waals surface area (Å²) in [6.07, 6.45) is 0. The van der Waals surface area contributed by atoms with Crippen LogP contribution < -0.4 is 11.2 Å². The molecule has 3 rings (SSSR count). The molecule has 1 aromatic heterocycles. The van der Waals surface area contributed by atoms with Gasteiger partial charge in [0, 0.05) is 0 Å². The van der Waals surface area contributed by atoms with Crippen molar-refractivity contribution in [2.45, 2.75) is 6.54 Å². The van der Waals surface area contributed by atoms with E-state index in [0.717, 1.165) is 9.25 Å². The summed E-state index contributed by atoms with van der Waals surface area (Å²) in [5.74, 6) is -2.00. The number of para-hydroxylation sites is 1. The van der Waals surface area contributed by atoms with Gasteiger partial charge in [0.15, 0.2) is 0 Å². The number of halogens is 1. The van der Waals surface area contributed by atoms with Crippen molar-refractivity contribution in [1.82, 2.24) is 14.3 Å². The van der Waals surface area contributed by atoms with Gasteiger partial charge in [0.25, 0.3) is 5.56 Å². The van der Waals surface area contributed by atoms with Crippen LogP contribution in [0.15, 0.2) is 64.2 Å². The molecule has 0 aliphatic heterocycles. The molecular weight excluding hydrogens is 329 g/mol. The molecule has 2 aromatic carbocycles. The number of benzene rings is 2. The lowest BCUT2D eigenvalue weighted by Crippen LogP contribution is -2.44. The smallest absolute Gasteiger partial charge is 0.362 e. The van der Waals surface area contributed by atoms with Crippen molar-refractivity contribution >= 4 is 5.97 Å². The van der Waals surface area contributed by atoms with Gasteiger partial charge in [-0.15, -0.1) is 0 Å². The number of carboxylic acids is 1. The molecule has 1 heterocycles. The Kier molecular flexibility index (Phi) is 4.25. The summed E-state index contributed by atoms with van der Waals surface area (Å²) in [5, 5.41) is 12.9. The van der Waals surface area contributed by atoms with Gasteiger partial charge in [0.05, 0.1) is 12.2 Å². The van der Waals surface area contributed by atoms with Gasteiger partial charge in [-0.05, 0) is 29.8 Å². The predicted octanol–water partition coefficient (Wildman–Crippen LogP) is 1.28. The first-order valence-corrected chi connectivity index (χ1v) is 7.24. The maximum absolute atomic E-state index is 13.0. The predicted molar refractivity (Wildman–Crippen MR) is 86.6 cm³/mol. The lowest BCUT2D eigenvalue weighted by atomic mass is 10.2. The second-order valence-electron chi connectivity index (χ2n) is 5.20. The monoisotopic (exact) mass is 341 g/mol. The highest BCUT2D eigenvalue weighted by molar-refractivity contribution is 5.84. The third-order valence-corrected chi connectivity index (χ3v) is 3.52. The fourth-order valence-corrected chi connectivity index (χ4v) is 2.30. The Bertz CT molecular complexity index is 1040. The van der Waals surface area contributed by atoms with E-state index in [4.69, 9.17) is 0 Å². The van der Waals surface area contributed by atoms with Crippen LogP contribution in [0.1, 0.15) is 16.1 Å². The molecule has 8 heteroatoms. The molecule has 126 valence electrons. The van der Waals surface area contributed by atoms with Crippen LogP contribution in [0.3, 0.4) is 0 Å². The molecule has 0 aliphatic carbocycles. The molecule has 0 radical (unpaired) electrons. The van der Waals surface area contributed by atoms with Gasteiger partial charge in [-0.1, -0.05) is 30.3 Å². The van der Waals surface area contributed by atoms with E-state index in [1.807, 2.05) is 0 Å². The quantitative estimate of drug-likeness (QED) is 0.771. The van der Waals surface area contributed by atoms with Gasteiger partial charge in [0.1, 0.15) is 5.82 Å².